The Labute approximate surface area is 134 Å². The van der Waals surface area contributed by atoms with Gasteiger partial charge in [0.2, 0.25) is 0 Å². The maximum Gasteiger partial charge on any atom is 0.573 e. The average molecular weight is 471 g/mol. The highest BCUT2D eigenvalue weighted by Gasteiger charge is 2.73. The number of nitrogen functional groups attached to an aromatic ring is 1. The number of alkyl halides is 10. The molecule has 0 unspecified atom stereocenters. The van der Waals surface area contributed by atoms with Gasteiger partial charge in [-0.3, -0.25) is 0 Å². The van der Waals surface area contributed by atoms with Crippen molar-refractivity contribution in [3.05, 3.63) is 21.3 Å². The zero-order valence-electron chi connectivity index (χ0n) is 10.3. The molecule has 1 aromatic rings. The second-order valence-corrected chi connectivity index (χ2v) is 5.23. The third-order valence-electron chi connectivity index (χ3n) is 2.50. The highest BCUT2D eigenvalue weighted by molar-refractivity contribution is 14.1. The van der Waals surface area contributed by atoms with Gasteiger partial charge >= 0.3 is 24.4 Å². The largest absolute Gasteiger partial charge is 0.573 e. The van der Waals surface area contributed by atoms with E-state index < -0.39 is 45.0 Å². The fourth-order valence-electron chi connectivity index (χ4n) is 1.49. The normalized spacial score (nSPS) is 14.0. The van der Waals surface area contributed by atoms with Gasteiger partial charge in [0, 0.05) is 9.13 Å². The molecular formula is C10H4F10INO. The molecule has 0 atom stereocenters. The smallest absolute Gasteiger partial charge is 0.404 e. The molecule has 0 spiro atoms. The molecule has 0 aromatic heterocycles. The molecule has 13 heteroatoms. The lowest BCUT2D eigenvalue weighted by molar-refractivity contribution is -0.348. The van der Waals surface area contributed by atoms with Crippen LogP contribution in [-0.4, -0.2) is 18.7 Å². The summed E-state index contributed by atoms with van der Waals surface area (Å²) in [6.45, 7) is 0. The van der Waals surface area contributed by atoms with Crippen LogP contribution in [-0.2, 0) is 5.67 Å². The van der Waals surface area contributed by atoms with Gasteiger partial charge in [0.05, 0.1) is 5.69 Å². The topological polar surface area (TPSA) is 35.2 Å². The molecule has 2 N–H and O–H groups in total. The van der Waals surface area contributed by atoms with Crippen LogP contribution < -0.4 is 10.5 Å². The first-order chi connectivity index (χ1) is 10.0. The fraction of sp³-hybridized carbons (Fsp3) is 0.400. The van der Waals surface area contributed by atoms with E-state index in [0.29, 0.717) is 0 Å². The van der Waals surface area contributed by atoms with Crippen LogP contribution in [0.1, 0.15) is 5.56 Å². The van der Waals surface area contributed by atoms with E-state index in [9.17, 15) is 43.9 Å². The van der Waals surface area contributed by atoms with Crippen molar-refractivity contribution in [3.63, 3.8) is 0 Å². The van der Waals surface area contributed by atoms with Crippen molar-refractivity contribution < 1.29 is 48.6 Å². The first kappa shape index (κ1) is 19.9. The van der Waals surface area contributed by atoms with E-state index in [1.54, 1.807) is 0 Å². The van der Waals surface area contributed by atoms with Gasteiger partial charge < -0.3 is 10.5 Å². The number of nitrogens with two attached hydrogens (primary N) is 1. The van der Waals surface area contributed by atoms with E-state index in [4.69, 9.17) is 5.73 Å². The standard InChI is InChI=1S/C10H4F10INO/c11-7(8(12,13)14,9(15,16)17)3-1-4(21)6(22)5(2-3)23-10(18,19)20/h1-2H,22H2. The summed E-state index contributed by atoms with van der Waals surface area (Å²) in [7, 11) is 0. The molecule has 1 rings (SSSR count). The molecule has 0 radical (unpaired) electrons. The minimum absolute atomic E-state index is 0.0418. The molecule has 2 nitrogen and oxygen atoms in total. The summed E-state index contributed by atoms with van der Waals surface area (Å²) in [5, 5.41) is 0. The van der Waals surface area contributed by atoms with Crippen molar-refractivity contribution in [1.29, 1.82) is 0 Å². The predicted molar refractivity (Wildman–Crippen MR) is 65.2 cm³/mol. The van der Waals surface area contributed by atoms with Gasteiger partial charge in [-0.25, -0.2) is 4.39 Å². The minimum Gasteiger partial charge on any atom is -0.404 e. The molecule has 0 aliphatic carbocycles. The fourth-order valence-corrected chi connectivity index (χ4v) is 2.09. The lowest BCUT2D eigenvalue weighted by Crippen LogP contribution is -2.50. The molecular weight excluding hydrogens is 467 g/mol. The molecule has 0 aliphatic rings. The van der Waals surface area contributed by atoms with Gasteiger partial charge in [-0.2, -0.15) is 26.3 Å². The van der Waals surface area contributed by atoms with Crippen molar-refractivity contribution in [3.8, 4) is 5.75 Å². The monoisotopic (exact) mass is 471 g/mol. The maximum atomic E-state index is 13.8. The van der Waals surface area contributed by atoms with E-state index in [1.165, 1.54) is 0 Å². The van der Waals surface area contributed by atoms with E-state index in [-0.39, 0.29) is 12.1 Å². The van der Waals surface area contributed by atoms with Gasteiger partial charge in [0.25, 0.3) is 0 Å². The number of hydrogen-bond donors (Lipinski definition) is 1. The number of ether oxygens (including phenoxy) is 1. The highest BCUT2D eigenvalue weighted by Crippen LogP contribution is 2.54. The Hall–Kier alpha value is -1.15. The SMILES string of the molecule is Nc1c(I)cc(C(F)(C(F)(F)F)C(F)(F)F)cc1OC(F)(F)F. The van der Waals surface area contributed by atoms with Gasteiger partial charge in [-0.1, -0.05) is 0 Å². The second-order valence-electron chi connectivity index (χ2n) is 4.07. The molecule has 0 fully saturated rings. The lowest BCUT2D eigenvalue weighted by atomic mass is 9.93. The summed E-state index contributed by atoms with van der Waals surface area (Å²) < 4.78 is 128. The molecule has 23 heavy (non-hydrogen) atoms. The molecule has 0 amide bonds. The van der Waals surface area contributed by atoms with Crippen LogP contribution >= 0.6 is 22.6 Å². The number of hydrogen-bond acceptors (Lipinski definition) is 2. The zero-order chi connectivity index (χ0) is 18.4. The number of benzene rings is 1. The van der Waals surface area contributed by atoms with E-state index >= 15 is 0 Å². The van der Waals surface area contributed by atoms with Crippen LogP contribution in [0.4, 0.5) is 49.6 Å². The molecule has 0 heterocycles. The van der Waals surface area contributed by atoms with Gasteiger partial charge in [-0.15, -0.1) is 13.2 Å². The Morgan fingerprint density at radius 3 is 1.61 bits per heavy atom. The Bertz CT molecular complexity index is 577. The summed E-state index contributed by atoms with van der Waals surface area (Å²) in [5.74, 6) is -1.57. The van der Waals surface area contributed by atoms with Crippen molar-refractivity contribution in [2.45, 2.75) is 24.4 Å². The number of anilines is 1. The molecule has 1 aromatic carbocycles. The van der Waals surface area contributed by atoms with Crippen molar-refractivity contribution in [2.75, 3.05) is 5.73 Å². The molecule has 0 aliphatic heterocycles. The van der Waals surface area contributed by atoms with E-state index in [0.717, 1.165) is 22.6 Å². The van der Waals surface area contributed by atoms with Crippen molar-refractivity contribution in [2.24, 2.45) is 0 Å². The maximum absolute atomic E-state index is 13.8. The van der Waals surface area contributed by atoms with E-state index in [2.05, 4.69) is 4.74 Å². The van der Waals surface area contributed by atoms with Crippen LogP contribution in [0.3, 0.4) is 0 Å². The van der Waals surface area contributed by atoms with Crippen LogP contribution in [0, 0.1) is 3.57 Å². The first-order valence-electron chi connectivity index (χ1n) is 5.18. The Kier molecular flexibility index (Phi) is 4.96. The molecule has 0 saturated heterocycles. The number of rotatable bonds is 2. The second kappa shape index (κ2) is 5.73. The molecule has 132 valence electrons. The van der Waals surface area contributed by atoms with Crippen LogP contribution in [0.25, 0.3) is 0 Å². The Morgan fingerprint density at radius 2 is 1.26 bits per heavy atom. The summed E-state index contributed by atoms with van der Waals surface area (Å²) >= 11 is 1.05. The zero-order valence-corrected chi connectivity index (χ0v) is 12.5. The van der Waals surface area contributed by atoms with Crippen LogP contribution in [0.2, 0.25) is 0 Å². The Balaban J connectivity index is 3.64. The van der Waals surface area contributed by atoms with Gasteiger partial charge in [-0.05, 0) is 34.7 Å². The summed E-state index contributed by atoms with van der Waals surface area (Å²) in [4.78, 5) is 0. The third kappa shape index (κ3) is 3.85. The Morgan fingerprint density at radius 1 is 0.826 bits per heavy atom. The average Bonchev–Trinajstić information content (AvgIpc) is 2.29. The summed E-state index contributed by atoms with van der Waals surface area (Å²) in [6.07, 6.45) is -18.4. The first-order valence-corrected chi connectivity index (χ1v) is 6.26. The predicted octanol–water partition coefficient (Wildman–Crippen LogP) is 5.06. The number of halogens is 11. The van der Waals surface area contributed by atoms with Gasteiger partial charge in [0.1, 0.15) is 0 Å². The summed E-state index contributed by atoms with van der Waals surface area (Å²) in [6, 6.07) is -0.341. The van der Waals surface area contributed by atoms with Crippen LogP contribution in [0.15, 0.2) is 12.1 Å². The quantitative estimate of drug-likeness (QED) is 0.372. The van der Waals surface area contributed by atoms with E-state index in [1.807, 2.05) is 0 Å². The highest BCUT2D eigenvalue weighted by atomic mass is 127. The third-order valence-corrected chi connectivity index (χ3v) is 3.39. The molecule has 0 saturated carbocycles. The summed E-state index contributed by atoms with van der Waals surface area (Å²) in [5.41, 5.74) is -3.81. The van der Waals surface area contributed by atoms with Gasteiger partial charge in [0.15, 0.2) is 5.75 Å². The lowest BCUT2D eigenvalue weighted by Gasteiger charge is -2.31. The van der Waals surface area contributed by atoms with Crippen molar-refractivity contribution >= 4 is 28.3 Å². The van der Waals surface area contributed by atoms with Crippen LogP contribution in [0.5, 0.6) is 5.75 Å². The van der Waals surface area contributed by atoms with Crippen molar-refractivity contribution in [1.82, 2.24) is 0 Å². The molecule has 0 bridgehead atoms. The minimum atomic E-state index is -6.47.